The molecule has 1 heterocycles. The molecule has 0 spiro atoms. The van der Waals surface area contributed by atoms with Crippen LogP contribution in [0.4, 0.5) is 5.69 Å². The summed E-state index contributed by atoms with van der Waals surface area (Å²) in [6, 6.07) is 8.56. The van der Waals surface area contributed by atoms with Gasteiger partial charge in [0.25, 0.3) is 5.91 Å². The zero-order valence-corrected chi connectivity index (χ0v) is 14.2. The number of methoxy groups -OCH3 is 1. The molecule has 2 N–H and O–H groups in total. The van der Waals surface area contributed by atoms with Crippen LogP contribution in [-0.2, 0) is 4.79 Å². The molecule has 0 aromatic heterocycles. The number of carbonyl (C=O) groups is 1. The summed E-state index contributed by atoms with van der Waals surface area (Å²) in [6.07, 6.45) is 2.55. The van der Waals surface area contributed by atoms with E-state index in [0.717, 1.165) is 37.8 Å². The van der Waals surface area contributed by atoms with Gasteiger partial charge in [-0.15, -0.1) is 0 Å². The molecule has 5 nitrogen and oxygen atoms in total. The van der Waals surface area contributed by atoms with Crippen molar-refractivity contribution >= 4 is 11.6 Å². The maximum atomic E-state index is 12.1. The van der Waals surface area contributed by atoms with Crippen molar-refractivity contribution in [1.29, 1.82) is 0 Å². The summed E-state index contributed by atoms with van der Waals surface area (Å²) in [5.41, 5.74) is 1.23. The van der Waals surface area contributed by atoms with Gasteiger partial charge in [-0.2, -0.15) is 0 Å². The van der Waals surface area contributed by atoms with Gasteiger partial charge in [-0.25, -0.2) is 0 Å². The number of quaternary nitrogens is 1. The number of hydrogen-bond donors (Lipinski definition) is 2. The van der Waals surface area contributed by atoms with Gasteiger partial charge in [0.1, 0.15) is 5.75 Å². The van der Waals surface area contributed by atoms with Gasteiger partial charge in [-0.1, -0.05) is 0 Å². The Kier molecular flexibility index (Phi) is 5.06. The van der Waals surface area contributed by atoms with Crippen LogP contribution in [0.15, 0.2) is 24.3 Å². The number of hydrogen-bond acceptors (Lipinski definition) is 3. The third-order valence-electron chi connectivity index (χ3n) is 5.04. The van der Waals surface area contributed by atoms with Gasteiger partial charge in [0.05, 0.1) is 33.3 Å². The summed E-state index contributed by atoms with van der Waals surface area (Å²) in [4.78, 5) is 15.9. The van der Waals surface area contributed by atoms with Crippen molar-refractivity contribution in [2.75, 3.05) is 44.7 Å². The Morgan fingerprint density at radius 1 is 1.30 bits per heavy atom. The minimum Gasteiger partial charge on any atom is -0.497 e. The van der Waals surface area contributed by atoms with Gasteiger partial charge >= 0.3 is 0 Å². The molecule has 0 unspecified atom stereocenters. The molecule has 5 heteroatoms. The molecular formula is C18H28N3O2+. The Labute approximate surface area is 138 Å². The van der Waals surface area contributed by atoms with Crippen LogP contribution in [0.25, 0.3) is 0 Å². The molecule has 0 bridgehead atoms. The van der Waals surface area contributed by atoms with Crippen LogP contribution >= 0.6 is 0 Å². The number of anilines is 1. The van der Waals surface area contributed by atoms with Crippen molar-refractivity contribution in [1.82, 2.24) is 5.32 Å². The van der Waals surface area contributed by atoms with Crippen LogP contribution in [0.5, 0.6) is 5.75 Å². The molecule has 1 saturated carbocycles. The van der Waals surface area contributed by atoms with Crippen LogP contribution in [0.3, 0.4) is 0 Å². The van der Waals surface area contributed by atoms with Gasteiger partial charge < -0.3 is 19.9 Å². The van der Waals surface area contributed by atoms with Crippen LogP contribution < -0.4 is 19.9 Å². The number of benzene rings is 1. The molecule has 1 aliphatic carbocycles. The van der Waals surface area contributed by atoms with Crippen LogP contribution in [0, 0.1) is 5.92 Å². The number of amides is 1. The highest BCUT2D eigenvalue weighted by Gasteiger charge is 2.30. The number of ether oxygens (including phenoxy) is 1. The highest BCUT2D eigenvalue weighted by molar-refractivity contribution is 5.77. The molecule has 1 aromatic carbocycles. The number of piperazine rings is 1. The third kappa shape index (κ3) is 4.38. The van der Waals surface area contributed by atoms with E-state index in [0.29, 0.717) is 12.6 Å². The molecule has 0 radical (unpaired) electrons. The zero-order valence-electron chi connectivity index (χ0n) is 14.2. The van der Waals surface area contributed by atoms with Crippen molar-refractivity contribution in [2.24, 2.45) is 5.92 Å². The second-order valence-electron chi connectivity index (χ2n) is 6.81. The second-order valence-corrected chi connectivity index (χ2v) is 6.81. The van der Waals surface area contributed by atoms with E-state index >= 15 is 0 Å². The summed E-state index contributed by atoms with van der Waals surface area (Å²) >= 11 is 0. The monoisotopic (exact) mass is 318 g/mol. The normalized spacial score (nSPS) is 20.2. The van der Waals surface area contributed by atoms with Crippen molar-refractivity contribution < 1.29 is 14.4 Å². The largest absolute Gasteiger partial charge is 0.497 e. The predicted molar refractivity (Wildman–Crippen MR) is 91.1 cm³/mol. The van der Waals surface area contributed by atoms with Crippen molar-refractivity contribution in [3.63, 3.8) is 0 Å². The predicted octanol–water partition coefficient (Wildman–Crippen LogP) is 0.315. The Morgan fingerprint density at radius 2 is 1.96 bits per heavy atom. The van der Waals surface area contributed by atoms with Crippen molar-refractivity contribution in [3.05, 3.63) is 24.3 Å². The quantitative estimate of drug-likeness (QED) is 0.794. The maximum absolute atomic E-state index is 12.1. The molecule has 1 saturated heterocycles. The number of rotatable bonds is 6. The van der Waals surface area contributed by atoms with Crippen molar-refractivity contribution in [3.8, 4) is 5.75 Å². The Balaban J connectivity index is 1.43. The van der Waals surface area contributed by atoms with Crippen molar-refractivity contribution in [2.45, 2.75) is 25.8 Å². The Hall–Kier alpha value is -1.75. The molecule has 1 aromatic rings. The summed E-state index contributed by atoms with van der Waals surface area (Å²) in [6.45, 7) is 6.74. The molecule has 3 rings (SSSR count). The highest BCUT2D eigenvalue weighted by Crippen LogP contribution is 2.32. The summed E-state index contributed by atoms with van der Waals surface area (Å²) in [7, 11) is 1.69. The molecule has 23 heavy (non-hydrogen) atoms. The van der Waals surface area contributed by atoms with Crippen LogP contribution in [-0.4, -0.2) is 51.8 Å². The summed E-state index contributed by atoms with van der Waals surface area (Å²) < 4.78 is 5.20. The lowest BCUT2D eigenvalue weighted by Gasteiger charge is -2.33. The molecule has 126 valence electrons. The topological polar surface area (TPSA) is 46.0 Å². The fraction of sp³-hybridized carbons (Fsp3) is 0.611. The second kappa shape index (κ2) is 7.21. The van der Waals surface area contributed by atoms with Gasteiger partial charge in [-0.05, 0) is 49.9 Å². The minimum atomic E-state index is 0.206. The van der Waals surface area contributed by atoms with Crippen LogP contribution in [0.2, 0.25) is 0 Å². The number of nitrogens with one attached hydrogen (secondary N) is 2. The summed E-state index contributed by atoms with van der Waals surface area (Å²) in [5.74, 6) is 1.82. The summed E-state index contributed by atoms with van der Waals surface area (Å²) in [5, 5.41) is 3.16. The standard InChI is InChI=1S/C18H27N3O2/c1-14(15-3-4-15)19-18(22)13-20-9-11-21(12-10-20)16-5-7-17(23-2)8-6-16/h5-8,14-15H,3-4,9-13H2,1-2H3,(H,19,22)/p+1/t14-/m0/s1. The third-order valence-corrected chi connectivity index (χ3v) is 5.04. The first-order chi connectivity index (χ1) is 11.2. The van der Waals surface area contributed by atoms with E-state index in [1.54, 1.807) is 7.11 Å². The Morgan fingerprint density at radius 3 is 2.52 bits per heavy atom. The minimum absolute atomic E-state index is 0.206. The van der Waals surface area contributed by atoms with Gasteiger partial charge in [0.15, 0.2) is 6.54 Å². The number of carbonyl (C=O) groups excluding carboxylic acids is 1. The molecule has 2 aliphatic rings. The fourth-order valence-electron chi connectivity index (χ4n) is 3.30. The molecule has 2 fully saturated rings. The van der Waals surface area contributed by atoms with E-state index in [2.05, 4.69) is 29.3 Å². The molecule has 1 aliphatic heterocycles. The smallest absolute Gasteiger partial charge is 0.275 e. The van der Waals surface area contributed by atoms with E-state index in [1.807, 2.05) is 12.1 Å². The van der Waals surface area contributed by atoms with E-state index in [4.69, 9.17) is 4.74 Å². The first kappa shape index (κ1) is 16.1. The zero-order chi connectivity index (χ0) is 16.2. The average molecular weight is 318 g/mol. The lowest BCUT2D eigenvalue weighted by molar-refractivity contribution is -0.892. The molecule has 1 atom stereocenters. The van der Waals surface area contributed by atoms with Gasteiger partial charge in [0.2, 0.25) is 0 Å². The first-order valence-electron chi connectivity index (χ1n) is 8.67. The lowest BCUT2D eigenvalue weighted by atomic mass is 10.2. The SMILES string of the molecule is COc1ccc(N2CC[NH+](CC(=O)N[C@@H](C)C3CC3)CC2)cc1. The molecule has 1 amide bonds. The average Bonchev–Trinajstić information content (AvgIpc) is 3.40. The van der Waals surface area contributed by atoms with E-state index < -0.39 is 0 Å². The van der Waals surface area contributed by atoms with E-state index in [1.165, 1.54) is 23.4 Å². The number of nitrogens with zero attached hydrogens (tertiary/aromatic N) is 1. The fourth-order valence-corrected chi connectivity index (χ4v) is 3.30. The van der Waals surface area contributed by atoms with Crippen LogP contribution in [0.1, 0.15) is 19.8 Å². The Bertz CT molecular complexity index is 520. The first-order valence-corrected chi connectivity index (χ1v) is 8.67. The van der Waals surface area contributed by atoms with E-state index in [-0.39, 0.29) is 5.91 Å². The molecular weight excluding hydrogens is 290 g/mol. The van der Waals surface area contributed by atoms with Gasteiger partial charge in [-0.3, -0.25) is 4.79 Å². The van der Waals surface area contributed by atoms with E-state index in [9.17, 15) is 4.79 Å². The lowest BCUT2D eigenvalue weighted by Crippen LogP contribution is -3.16. The highest BCUT2D eigenvalue weighted by atomic mass is 16.5. The maximum Gasteiger partial charge on any atom is 0.275 e. The van der Waals surface area contributed by atoms with Gasteiger partial charge in [0, 0.05) is 11.7 Å².